The molecule has 1 aromatic carbocycles. The Morgan fingerprint density at radius 1 is 1.17 bits per heavy atom. The zero-order chi connectivity index (χ0) is 20.6. The van der Waals surface area contributed by atoms with Crippen LogP contribution in [-0.4, -0.2) is 67.1 Å². The molecule has 1 fully saturated rings. The fourth-order valence-corrected chi connectivity index (χ4v) is 3.46. The van der Waals surface area contributed by atoms with Gasteiger partial charge in [0, 0.05) is 31.9 Å². The Morgan fingerprint density at radius 3 is 2.77 bits per heavy atom. The van der Waals surface area contributed by atoms with Gasteiger partial charge in [0.1, 0.15) is 0 Å². The SMILES string of the molecule is O=C(CCn1nnnc1CN1CCOCC1)N[C@@H](Cn1cccn1)c1ccccc1. The van der Waals surface area contributed by atoms with Crippen molar-refractivity contribution in [3.05, 3.63) is 60.2 Å². The molecule has 0 unspecified atom stereocenters. The summed E-state index contributed by atoms with van der Waals surface area (Å²) in [5.74, 6) is 0.713. The van der Waals surface area contributed by atoms with Crippen LogP contribution in [0.4, 0.5) is 0 Å². The summed E-state index contributed by atoms with van der Waals surface area (Å²) in [6, 6.07) is 11.6. The molecule has 0 aliphatic carbocycles. The first-order valence-corrected chi connectivity index (χ1v) is 10.1. The van der Waals surface area contributed by atoms with Gasteiger partial charge in [0.15, 0.2) is 5.82 Å². The molecule has 10 nitrogen and oxygen atoms in total. The van der Waals surface area contributed by atoms with E-state index in [-0.39, 0.29) is 11.9 Å². The Bertz CT molecular complexity index is 906. The molecule has 1 aliphatic rings. The monoisotopic (exact) mass is 410 g/mol. The summed E-state index contributed by atoms with van der Waals surface area (Å²) in [5, 5.41) is 19.4. The minimum absolute atomic E-state index is 0.0520. The molecule has 1 amide bonds. The van der Waals surface area contributed by atoms with Crippen molar-refractivity contribution in [2.75, 3.05) is 26.3 Å². The number of hydrogen-bond acceptors (Lipinski definition) is 7. The number of morpholine rings is 1. The van der Waals surface area contributed by atoms with Gasteiger partial charge < -0.3 is 10.1 Å². The molecule has 4 rings (SSSR count). The van der Waals surface area contributed by atoms with Gasteiger partial charge >= 0.3 is 0 Å². The van der Waals surface area contributed by atoms with E-state index in [4.69, 9.17) is 4.74 Å². The summed E-state index contributed by atoms with van der Waals surface area (Å²) in [5.41, 5.74) is 1.04. The molecule has 1 aliphatic heterocycles. The largest absolute Gasteiger partial charge is 0.379 e. The van der Waals surface area contributed by atoms with Gasteiger partial charge in [-0.2, -0.15) is 5.10 Å². The van der Waals surface area contributed by atoms with Crippen molar-refractivity contribution >= 4 is 5.91 Å². The molecular weight excluding hydrogens is 384 g/mol. The molecule has 1 saturated heterocycles. The number of benzene rings is 1. The average Bonchev–Trinajstić information content (AvgIpc) is 3.45. The molecule has 0 radical (unpaired) electrons. The molecule has 158 valence electrons. The zero-order valence-electron chi connectivity index (χ0n) is 16.8. The molecule has 0 spiro atoms. The Labute approximate surface area is 174 Å². The van der Waals surface area contributed by atoms with Crippen LogP contribution in [0, 0.1) is 0 Å². The maximum absolute atomic E-state index is 12.7. The average molecular weight is 410 g/mol. The number of carbonyl (C=O) groups excluding carboxylic acids is 1. The van der Waals surface area contributed by atoms with E-state index in [9.17, 15) is 4.79 Å². The third-order valence-electron chi connectivity index (χ3n) is 5.09. The summed E-state index contributed by atoms with van der Waals surface area (Å²) < 4.78 is 8.91. The van der Waals surface area contributed by atoms with E-state index in [2.05, 4.69) is 30.8 Å². The first kappa shape index (κ1) is 20.2. The van der Waals surface area contributed by atoms with Gasteiger partial charge in [-0.25, -0.2) is 4.68 Å². The van der Waals surface area contributed by atoms with Crippen LogP contribution in [0.2, 0.25) is 0 Å². The fraction of sp³-hybridized carbons (Fsp3) is 0.450. The van der Waals surface area contributed by atoms with E-state index in [0.717, 1.165) is 37.7 Å². The molecule has 2 aromatic heterocycles. The molecule has 0 saturated carbocycles. The van der Waals surface area contributed by atoms with Gasteiger partial charge in [-0.15, -0.1) is 5.10 Å². The van der Waals surface area contributed by atoms with Crippen molar-refractivity contribution in [2.24, 2.45) is 0 Å². The molecule has 0 bridgehead atoms. The van der Waals surface area contributed by atoms with Crippen molar-refractivity contribution in [3.63, 3.8) is 0 Å². The quantitative estimate of drug-likeness (QED) is 0.552. The van der Waals surface area contributed by atoms with Crippen molar-refractivity contribution in [1.29, 1.82) is 0 Å². The Kier molecular flexibility index (Phi) is 6.78. The van der Waals surface area contributed by atoms with Crippen LogP contribution >= 0.6 is 0 Å². The van der Waals surface area contributed by atoms with E-state index in [1.165, 1.54) is 0 Å². The lowest BCUT2D eigenvalue weighted by atomic mass is 10.1. The summed E-state index contributed by atoms with van der Waals surface area (Å²) in [6.45, 7) is 4.82. The number of nitrogens with one attached hydrogen (secondary N) is 1. The van der Waals surface area contributed by atoms with E-state index in [1.54, 1.807) is 10.9 Å². The van der Waals surface area contributed by atoms with Gasteiger partial charge in [0.2, 0.25) is 5.91 Å². The number of rotatable bonds is 9. The van der Waals surface area contributed by atoms with Crippen LogP contribution in [0.1, 0.15) is 23.9 Å². The summed E-state index contributed by atoms with van der Waals surface area (Å²) in [6.07, 6.45) is 3.92. The maximum atomic E-state index is 12.7. The topological polar surface area (TPSA) is 103 Å². The first-order chi connectivity index (χ1) is 14.8. The van der Waals surface area contributed by atoms with Crippen LogP contribution in [0.5, 0.6) is 0 Å². The van der Waals surface area contributed by atoms with Gasteiger partial charge in [-0.3, -0.25) is 14.4 Å². The van der Waals surface area contributed by atoms with Crippen molar-refractivity contribution in [3.8, 4) is 0 Å². The van der Waals surface area contributed by atoms with Crippen molar-refractivity contribution in [1.82, 2.24) is 40.2 Å². The van der Waals surface area contributed by atoms with E-state index in [1.807, 2.05) is 47.3 Å². The van der Waals surface area contributed by atoms with Crippen molar-refractivity contribution in [2.45, 2.75) is 32.1 Å². The minimum Gasteiger partial charge on any atom is -0.379 e. The molecule has 30 heavy (non-hydrogen) atoms. The van der Waals surface area contributed by atoms with Crippen LogP contribution < -0.4 is 5.32 Å². The van der Waals surface area contributed by atoms with E-state index < -0.39 is 0 Å². The molecular formula is C20H26N8O2. The standard InChI is InChI=1S/C20H26N8O2/c29-20(7-10-28-19(23-24-25-28)16-26-11-13-30-14-12-26)22-18(15-27-9-4-8-21-27)17-5-2-1-3-6-17/h1-6,8-9,18H,7,10-16H2,(H,22,29)/t18-/m0/s1. The third-order valence-corrected chi connectivity index (χ3v) is 5.09. The van der Waals surface area contributed by atoms with Crippen molar-refractivity contribution < 1.29 is 9.53 Å². The number of tetrazole rings is 1. The maximum Gasteiger partial charge on any atom is 0.222 e. The minimum atomic E-state index is -0.166. The number of nitrogens with zero attached hydrogens (tertiary/aromatic N) is 7. The third kappa shape index (κ3) is 5.49. The van der Waals surface area contributed by atoms with Gasteiger partial charge in [-0.05, 0) is 22.1 Å². The van der Waals surface area contributed by atoms with Gasteiger partial charge in [-0.1, -0.05) is 30.3 Å². The Balaban J connectivity index is 1.34. The summed E-state index contributed by atoms with van der Waals surface area (Å²) in [7, 11) is 0. The number of amides is 1. The molecule has 1 N–H and O–H groups in total. The summed E-state index contributed by atoms with van der Waals surface area (Å²) >= 11 is 0. The van der Waals surface area contributed by atoms with E-state index >= 15 is 0 Å². The van der Waals surface area contributed by atoms with E-state index in [0.29, 0.717) is 26.1 Å². The van der Waals surface area contributed by atoms with Gasteiger partial charge in [0.25, 0.3) is 0 Å². The highest BCUT2D eigenvalue weighted by atomic mass is 16.5. The predicted octanol–water partition coefficient (Wildman–Crippen LogP) is 0.650. The highest BCUT2D eigenvalue weighted by molar-refractivity contribution is 5.76. The highest BCUT2D eigenvalue weighted by Gasteiger charge is 2.18. The highest BCUT2D eigenvalue weighted by Crippen LogP contribution is 2.15. The second kappa shape index (κ2) is 10.1. The Morgan fingerprint density at radius 2 is 2.00 bits per heavy atom. The lowest BCUT2D eigenvalue weighted by Crippen LogP contribution is -2.36. The smallest absolute Gasteiger partial charge is 0.222 e. The van der Waals surface area contributed by atoms with Crippen LogP contribution in [0.25, 0.3) is 0 Å². The molecule has 10 heteroatoms. The lowest BCUT2D eigenvalue weighted by molar-refractivity contribution is -0.122. The number of aromatic nitrogens is 6. The second-order valence-electron chi connectivity index (χ2n) is 7.22. The normalized spacial score (nSPS) is 15.7. The Hall–Kier alpha value is -3.11. The fourth-order valence-electron chi connectivity index (χ4n) is 3.46. The number of carbonyl (C=O) groups is 1. The van der Waals surface area contributed by atoms with Gasteiger partial charge in [0.05, 0.1) is 38.9 Å². The van der Waals surface area contributed by atoms with Crippen LogP contribution in [-0.2, 0) is 29.2 Å². The van der Waals surface area contributed by atoms with Crippen LogP contribution in [0.15, 0.2) is 48.8 Å². The second-order valence-corrected chi connectivity index (χ2v) is 7.22. The molecule has 1 atom stereocenters. The number of aryl methyl sites for hydroxylation is 1. The van der Waals surface area contributed by atoms with Crippen LogP contribution in [0.3, 0.4) is 0 Å². The zero-order valence-corrected chi connectivity index (χ0v) is 16.8. The first-order valence-electron chi connectivity index (χ1n) is 10.1. The number of ether oxygens (including phenoxy) is 1. The summed E-state index contributed by atoms with van der Waals surface area (Å²) in [4.78, 5) is 15.0. The lowest BCUT2D eigenvalue weighted by Gasteiger charge is -2.25. The molecule has 3 aromatic rings. The molecule has 3 heterocycles. The number of hydrogen-bond donors (Lipinski definition) is 1. The predicted molar refractivity (Wildman–Crippen MR) is 108 cm³/mol.